The molecule has 1 rings (SSSR count). The highest BCUT2D eigenvalue weighted by Crippen LogP contribution is 2.10. The van der Waals surface area contributed by atoms with E-state index in [1.165, 1.54) is 0 Å². The predicted octanol–water partition coefficient (Wildman–Crippen LogP) is 3.30. The Hall–Kier alpha value is -0.600. The molecule has 1 heterocycles. The maximum atomic E-state index is 5.67. The molecule has 0 spiro atoms. The molecule has 14 heavy (non-hydrogen) atoms. The lowest BCUT2D eigenvalue weighted by Gasteiger charge is -2.16. The molecule has 0 aliphatic rings. The summed E-state index contributed by atoms with van der Waals surface area (Å²) in [6.45, 7) is 6.97. The monoisotopic (exact) mass is 213 g/mol. The van der Waals surface area contributed by atoms with Crippen LogP contribution in [0.5, 0.6) is 0 Å². The van der Waals surface area contributed by atoms with Crippen molar-refractivity contribution < 1.29 is 4.74 Å². The molecular weight excluding hydrogens is 198 g/mol. The molecule has 1 atom stereocenters. The van der Waals surface area contributed by atoms with Crippen LogP contribution in [0.2, 0.25) is 5.15 Å². The normalized spacial score (nSPS) is 13.2. The topological polar surface area (TPSA) is 22.1 Å². The van der Waals surface area contributed by atoms with Crippen LogP contribution in [0.25, 0.3) is 0 Å². The van der Waals surface area contributed by atoms with E-state index in [4.69, 9.17) is 16.3 Å². The Bertz CT molecular complexity index is 271. The fourth-order valence-electron chi connectivity index (χ4n) is 0.912. The second kappa shape index (κ2) is 5.32. The largest absolute Gasteiger partial charge is 0.374 e. The van der Waals surface area contributed by atoms with Gasteiger partial charge in [-0.05, 0) is 24.5 Å². The van der Waals surface area contributed by atoms with Gasteiger partial charge in [-0.25, -0.2) is 4.98 Å². The van der Waals surface area contributed by atoms with E-state index < -0.39 is 0 Å². The van der Waals surface area contributed by atoms with Crippen LogP contribution in [0.15, 0.2) is 18.3 Å². The summed E-state index contributed by atoms with van der Waals surface area (Å²) in [6, 6.07) is 3.71. The van der Waals surface area contributed by atoms with Crippen molar-refractivity contribution in [2.24, 2.45) is 5.92 Å². The van der Waals surface area contributed by atoms with Gasteiger partial charge in [0.2, 0.25) is 0 Å². The van der Waals surface area contributed by atoms with Crippen LogP contribution in [0.4, 0.5) is 0 Å². The molecule has 0 fully saturated rings. The van der Waals surface area contributed by atoms with E-state index in [2.05, 4.69) is 25.8 Å². The quantitative estimate of drug-likeness (QED) is 0.716. The number of rotatable bonds is 4. The molecule has 0 aliphatic carbocycles. The lowest BCUT2D eigenvalue weighted by Crippen LogP contribution is -2.15. The van der Waals surface area contributed by atoms with E-state index in [1.807, 2.05) is 6.07 Å². The predicted molar refractivity (Wildman–Crippen MR) is 58.3 cm³/mol. The molecular formula is C11H16ClNO. The zero-order chi connectivity index (χ0) is 10.6. The number of ether oxygens (including phenoxy) is 1. The van der Waals surface area contributed by atoms with Gasteiger partial charge < -0.3 is 4.74 Å². The van der Waals surface area contributed by atoms with Crippen molar-refractivity contribution in [2.75, 3.05) is 0 Å². The Labute approximate surface area is 90.3 Å². The average molecular weight is 214 g/mol. The summed E-state index contributed by atoms with van der Waals surface area (Å²) >= 11 is 5.67. The first kappa shape index (κ1) is 11.5. The van der Waals surface area contributed by atoms with E-state index in [0.717, 1.165) is 5.56 Å². The molecule has 0 N–H and O–H groups in total. The summed E-state index contributed by atoms with van der Waals surface area (Å²) in [4.78, 5) is 3.99. The summed E-state index contributed by atoms with van der Waals surface area (Å²) in [6.07, 6.45) is 2.01. The fraction of sp³-hybridized carbons (Fsp3) is 0.545. The van der Waals surface area contributed by atoms with E-state index >= 15 is 0 Å². The third-order valence-corrected chi connectivity index (χ3v) is 2.46. The molecule has 0 aromatic carbocycles. The number of halogens is 1. The maximum absolute atomic E-state index is 5.67. The minimum atomic E-state index is 0.269. The molecule has 3 heteroatoms. The second-order valence-corrected chi connectivity index (χ2v) is 4.14. The van der Waals surface area contributed by atoms with Crippen LogP contribution >= 0.6 is 11.6 Å². The van der Waals surface area contributed by atoms with Gasteiger partial charge in [0.1, 0.15) is 5.15 Å². The van der Waals surface area contributed by atoms with Crippen molar-refractivity contribution in [1.82, 2.24) is 4.98 Å². The van der Waals surface area contributed by atoms with Crippen LogP contribution < -0.4 is 0 Å². The van der Waals surface area contributed by atoms with Crippen LogP contribution in [0.1, 0.15) is 26.3 Å². The number of aromatic nitrogens is 1. The SMILES string of the molecule is CC(C)C(C)OCc1ccc(Cl)nc1. The highest BCUT2D eigenvalue weighted by molar-refractivity contribution is 6.29. The van der Waals surface area contributed by atoms with Crippen LogP contribution in [0, 0.1) is 5.92 Å². The standard InChI is InChI=1S/C11H16ClNO/c1-8(2)9(3)14-7-10-4-5-11(12)13-6-10/h4-6,8-9H,7H2,1-3H3. The molecule has 0 saturated heterocycles. The first-order valence-corrected chi connectivity index (χ1v) is 5.19. The molecule has 0 bridgehead atoms. The highest BCUT2D eigenvalue weighted by atomic mass is 35.5. The summed E-state index contributed by atoms with van der Waals surface area (Å²) in [7, 11) is 0. The van der Waals surface area contributed by atoms with E-state index in [9.17, 15) is 0 Å². The zero-order valence-corrected chi connectivity index (χ0v) is 9.58. The van der Waals surface area contributed by atoms with Gasteiger partial charge in [0, 0.05) is 6.20 Å². The van der Waals surface area contributed by atoms with Crippen molar-refractivity contribution in [1.29, 1.82) is 0 Å². The van der Waals surface area contributed by atoms with Gasteiger partial charge in [-0.3, -0.25) is 0 Å². The summed E-state index contributed by atoms with van der Waals surface area (Å²) in [5.41, 5.74) is 1.06. The van der Waals surface area contributed by atoms with Gasteiger partial charge in [-0.2, -0.15) is 0 Å². The second-order valence-electron chi connectivity index (χ2n) is 3.75. The first-order chi connectivity index (χ1) is 6.59. The van der Waals surface area contributed by atoms with Gasteiger partial charge in [-0.1, -0.05) is 31.5 Å². The molecule has 78 valence electrons. The van der Waals surface area contributed by atoms with Crippen LogP contribution in [-0.4, -0.2) is 11.1 Å². The average Bonchev–Trinajstić information content (AvgIpc) is 2.16. The first-order valence-electron chi connectivity index (χ1n) is 4.81. The van der Waals surface area contributed by atoms with Gasteiger partial charge in [-0.15, -0.1) is 0 Å². The van der Waals surface area contributed by atoms with E-state index in [1.54, 1.807) is 12.3 Å². The molecule has 0 saturated carbocycles. The van der Waals surface area contributed by atoms with Crippen molar-refractivity contribution in [2.45, 2.75) is 33.5 Å². The minimum absolute atomic E-state index is 0.269. The lowest BCUT2D eigenvalue weighted by atomic mass is 10.1. The fourth-order valence-corrected chi connectivity index (χ4v) is 1.02. The summed E-state index contributed by atoms with van der Waals surface area (Å²) < 4.78 is 5.65. The Kier molecular flexibility index (Phi) is 4.36. The maximum Gasteiger partial charge on any atom is 0.129 e. The molecule has 0 aliphatic heterocycles. The van der Waals surface area contributed by atoms with Crippen LogP contribution in [-0.2, 0) is 11.3 Å². The van der Waals surface area contributed by atoms with Crippen molar-refractivity contribution in [3.63, 3.8) is 0 Å². The Morgan fingerprint density at radius 2 is 2.07 bits per heavy atom. The van der Waals surface area contributed by atoms with Crippen molar-refractivity contribution in [3.8, 4) is 0 Å². The molecule has 1 aromatic rings. The molecule has 1 unspecified atom stereocenters. The molecule has 0 amide bonds. The van der Waals surface area contributed by atoms with E-state index in [0.29, 0.717) is 17.7 Å². The Balaban J connectivity index is 2.42. The van der Waals surface area contributed by atoms with Gasteiger partial charge >= 0.3 is 0 Å². The zero-order valence-electron chi connectivity index (χ0n) is 8.83. The van der Waals surface area contributed by atoms with Gasteiger partial charge in [0.05, 0.1) is 12.7 Å². The molecule has 0 radical (unpaired) electrons. The van der Waals surface area contributed by atoms with Gasteiger partial charge in [0.15, 0.2) is 0 Å². The third kappa shape index (κ3) is 3.64. The number of nitrogens with zero attached hydrogens (tertiary/aromatic N) is 1. The van der Waals surface area contributed by atoms with Crippen molar-refractivity contribution in [3.05, 3.63) is 29.0 Å². The molecule has 2 nitrogen and oxygen atoms in total. The van der Waals surface area contributed by atoms with Gasteiger partial charge in [0.25, 0.3) is 0 Å². The summed E-state index contributed by atoms with van der Waals surface area (Å²) in [5, 5.41) is 0.519. The van der Waals surface area contributed by atoms with Crippen molar-refractivity contribution >= 4 is 11.6 Å². The Morgan fingerprint density at radius 1 is 1.36 bits per heavy atom. The number of hydrogen-bond donors (Lipinski definition) is 0. The van der Waals surface area contributed by atoms with Crippen LogP contribution in [0.3, 0.4) is 0 Å². The molecule has 1 aromatic heterocycles. The number of hydrogen-bond acceptors (Lipinski definition) is 2. The third-order valence-electron chi connectivity index (χ3n) is 2.24. The summed E-state index contributed by atoms with van der Waals surface area (Å²) in [5.74, 6) is 0.537. The minimum Gasteiger partial charge on any atom is -0.374 e. The van der Waals surface area contributed by atoms with E-state index in [-0.39, 0.29) is 6.10 Å². The smallest absolute Gasteiger partial charge is 0.129 e. The Morgan fingerprint density at radius 3 is 2.57 bits per heavy atom. The lowest BCUT2D eigenvalue weighted by molar-refractivity contribution is 0.0234. The highest BCUT2D eigenvalue weighted by Gasteiger charge is 2.06. The number of pyridine rings is 1.